The summed E-state index contributed by atoms with van der Waals surface area (Å²) in [5, 5.41) is 7.89. The van der Waals surface area contributed by atoms with E-state index in [0.29, 0.717) is 0 Å². The lowest BCUT2D eigenvalue weighted by molar-refractivity contribution is 0.531. The van der Waals surface area contributed by atoms with Crippen LogP contribution in [0.5, 0.6) is 0 Å². The van der Waals surface area contributed by atoms with Crippen LogP contribution in [0.2, 0.25) is 0 Å². The molecule has 1 N–H and O–H groups in total. The number of nitrogens with zero attached hydrogens (tertiary/aromatic N) is 4. The zero-order valence-corrected chi connectivity index (χ0v) is 13.4. The van der Waals surface area contributed by atoms with Gasteiger partial charge in [-0.15, -0.1) is 0 Å². The van der Waals surface area contributed by atoms with E-state index in [1.54, 1.807) is 0 Å². The molecule has 0 aliphatic carbocycles. The molecule has 2 heterocycles. The molecule has 0 bridgehead atoms. The van der Waals surface area contributed by atoms with Crippen molar-refractivity contribution in [2.75, 3.05) is 7.05 Å². The van der Waals surface area contributed by atoms with Crippen LogP contribution in [-0.2, 0) is 26.9 Å². The Bertz CT molecular complexity index is 557. The minimum absolute atomic E-state index is 0.226. The third kappa shape index (κ3) is 2.74. The summed E-state index contributed by atoms with van der Waals surface area (Å²) in [6, 6.07) is 0.226. The van der Waals surface area contributed by atoms with Gasteiger partial charge in [-0.2, -0.15) is 5.10 Å². The Morgan fingerprint density at radius 3 is 2.63 bits per heavy atom. The van der Waals surface area contributed by atoms with Gasteiger partial charge in [-0.1, -0.05) is 6.92 Å². The molecule has 0 fully saturated rings. The maximum Gasteiger partial charge on any atom is 0.0946 e. The zero-order chi connectivity index (χ0) is 14.0. The molecular weight excluding hydrogens is 306 g/mol. The van der Waals surface area contributed by atoms with Gasteiger partial charge in [-0.3, -0.25) is 4.68 Å². The van der Waals surface area contributed by atoms with Gasteiger partial charge in [0.05, 0.1) is 33.9 Å². The first-order valence-electron chi connectivity index (χ1n) is 6.42. The number of halogens is 1. The molecule has 1 atom stereocenters. The van der Waals surface area contributed by atoms with Crippen LogP contribution in [0.3, 0.4) is 0 Å². The molecule has 19 heavy (non-hydrogen) atoms. The highest BCUT2D eigenvalue weighted by molar-refractivity contribution is 9.10. The fourth-order valence-electron chi connectivity index (χ4n) is 2.29. The lowest BCUT2D eigenvalue weighted by atomic mass is 10.1. The van der Waals surface area contributed by atoms with Crippen LogP contribution < -0.4 is 5.32 Å². The summed E-state index contributed by atoms with van der Waals surface area (Å²) >= 11 is 3.67. The van der Waals surface area contributed by atoms with Crippen molar-refractivity contribution in [3.05, 3.63) is 34.1 Å². The van der Waals surface area contributed by atoms with Crippen molar-refractivity contribution in [2.24, 2.45) is 14.1 Å². The minimum atomic E-state index is 0.226. The van der Waals surface area contributed by atoms with E-state index in [-0.39, 0.29) is 6.04 Å². The van der Waals surface area contributed by atoms with Crippen molar-refractivity contribution in [1.29, 1.82) is 0 Å². The highest BCUT2D eigenvalue weighted by atomic mass is 79.9. The van der Waals surface area contributed by atoms with Crippen LogP contribution in [0.4, 0.5) is 0 Å². The first-order chi connectivity index (χ1) is 9.08. The van der Waals surface area contributed by atoms with Crippen LogP contribution in [0.25, 0.3) is 0 Å². The average molecular weight is 326 g/mol. The summed E-state index contributed by atoms with van der Waals surface area (Å²) in [4.78, 5) is 4.19. The van der Waals surface area contributed by atoms with Gasteiger partial charge in [0, 0.05) is 26.7 Å². The third-order valence-electron chi connectivity index (χ3n) is 3.46. The predicted molar refractivity (Wildman–Crippen MR) is 79.0 cm³/mol. The molecule has 0 spiro atoms. The Balaban J connectivity index is 2.29. The summed E-state index contributed by atoms with van der Waals surface area (Å²) in [7, 11) is 5.99. The van der Waals surface area contributed by atoms with Crippen molar-refractivity contribution in [2.45, 2.75) is 25.8 Å². The van der Waals surface area contributed by atoms with Gasteiger partial charge in [0.1, 0.15) is 0 Å². The maximum atomic E-state index is 4.54. The largest absolute Gasteiger partial charge is 0.336 e. The molecule has 2 rings (SSSR count). The summed E-state index contributed by atoms with van der Waals surface area (Å²) in [6.45, 7) is 2.12. The lowest BCUT2D eigenvalue weighted by Gasteiger charge is -2.17. The van der Waals surface area contributed by atoms with Gasteiger partial charge in [0.25, 0.3) is 0 Å². The summed E-state index contributed by atoms with van der Waals surface area (Å²) < 4.78 is 5.13. The van der Waals surface area contributed by atoms with Gasteiger partial charge in [0.2, 0.25) is 0 Å². The summed E-state index contributed by atoms with van der Waals surface area (Å²) in [6.07, 6.45) is 5.55. The van der Waals surface area contributed by atoms with E-state index in [2.05, 4.69) is 38.3 Å². The van der Waals surface area contributed by atoms with E-state index in [0.717, 1.165) is 23.0 Å². The zero-order valence-electron chi connectivity index (χ0n) is 11.8. The Hall–Kier alpha value is -1.14. The number of hydrogen-bond donors (Lipinski definition) is 1. The molecule has 0 aromatic carbocycles. The molecule has 0 aliphatic heterocycles. The molecule has 0 saturated heterocycles. The molecular formula is C13H20BrN5. The van der Waals surface area contributed by atoms with E-state index >= 15 is 0 Å². The van der Waals surface area contributed by atoms with Crippen molar-refractivity contribution >= 4 is 15.9 Å². The first kappa shape index (κ1) is 14.3. The molecule has 0 radical (unpaired) electrons. The Morgan fingerprint density at radius 2 is 2.16 bits per heavy atom. The highest BCUT2D eigenvalue weighted by Crippen LogP contribution is 2.26. The average Bonchev–Trinajstić information content (AvgIpc) is 2.93. The summed E-state index contributed by atoms with van der Waals surface area (Å²) in [5.41, 5.74) is 3.49. The van der Waals surface area contributed by atoms with Crippen LogP contribution in [0.1, 0.15) is 30.0 Å². The van der Waals surface area contributed by atoms with Gasteiger partial charge >= 0.3 is 0 Å². The van der Waals surface area contributed by atoms with Crippen molar-refractivity contribution in [3.8, 4) is 0 Å². The van der Waals surface area contributed by atoms with Gasteiger partial charge in [-0.25, -0.2) is 4.98 Å². The van der Waals surface area contributed by atoms with Crippen molar-refractivity contribution in [3.63, 3.8) is 0 Å². The van der Waals surface area contributed by atoms with Crippen molar-refractivity contribution < 1.29 is 0 Å². The second-order valence-electron chi connectivity index (χ2n) is 4.66. The molecule has 0 aliphatic rings. The predicted octanol–water partition coefficient (Wildman–Crippen LogP) is 1.98. The molecule has 1 unspecified atom stereocenters. The standard InChI is InChI=1S/C13H20BrN5/c1-5-9-13(14)11(19(4)17-9)6-10(15-2)12-7-16-8-18(12)3/h7-8,10,15H,5-6H2,1-4H3. The number of aryl methyl sites for hydroxylation is 3. The van der Waals surface area contributed by atoms with Gasteiger partial charge in [0.15, 0.2) is 0 Å². The third-order valence-corrected chi connectivity index (χ3v) is 4.38. The van der Waals surface area contributed by atoms with Gasteiger partial charge in [-0.05, 0) is 29.4 Å². The smallest absolute Gasteiger partial charge is 0.0946 e. The van der Waals surface area contributed by atoms with E-state index < -0.39 is 0 Å². The fraction of sp³-hybridized carbons (Fsp3) is 0.538. The first-order valence-corrected chi connectivity index (χ1v) is 7.21. The lowest BCUT2D eigenvalue weighted by Crippen LogP contribution is -2.22. The Labute approximate surface area is 122 Å². The molecule has 0 saturated carbocycles. The van der Waals surface area contributed by atoms with Crippen LogP contribution >= 0.6 is 15.9 Å². The topological polar surface area (TPSA) is 47.7 Å². The van der Waals surface area contributed by atoms with Crippen molar-refractivity contribution in [1.82, 2.24) is 24.6 Å². The monoisotopic (exact) mass is 325 g/mol. The second kappa shape index (κ2) is 5.88. The fourth-order valence-corrected chi connectivity index (χ4v) is 3.07. The molecule has 2 aromatic rings. The van der Waals surface area contributed by atoms with Crippen LogP contribution in [0.15, 0.2) is 17.0 Å². The minimum Gasteiger partial charge on any atom is -0.336 e. The van der Waals surface area contributed by atoms with E-state index in [1.807, 2.05) is 42.9 Å². The molecule has 0 amide bonds. The number of likely N-dealkylation sites (N-methyl/N-ethyl adjacent to an activating group) is 1. The number of rotatable bonds is 5. The molecule has 5 nitrogen and oxygen atoms in total. The number of hydrogen-bond acceptors (Lipinski definition) is 3. The SMILES string of the molecule is CCc1nn(C)c(CC(NC)c2cncn2C)c1Br. The molecule has 6 heteroatoms. The number of nitrogens with one attached hydrogen (secondary N) is 1. The quantitative estimate of drug-likeness (QED) is 0.914. The van der Waals surface area contributed by atoms with Crippen LogP contribution in [0, 0.1) is 0 Å². The molecule has 104 valence electrons. The van der Waals surface area contributed by atoms with Gasteiger partial charge < -0.3 is 9.88 Å². The highest BCUT2D eigenvalue weighted by Gasteiger charge is 2.19. The molecule has 2 aromatic heterocycles. The van der Waals surface area contributed by atoms with E-state index in [4.69, 9.17) is 0 Å². The Morgan fingerprint density at radius 1 is 1.42 bits per heavy atom. The number of aromatic nitrogens is 4. The second-order valence-corrected chi connectivity index (χ2v) is 5.45. The number of imidazole rings is 1. The maximum absolute atomic E-state index is 4.54. The van der Waals surface area contributed by atoms with E-state index in [9.17, 15) is 0 Å². The summed E-state index contributed by atoms with van der Waals surface area (Å²) in [5.74, 6) is 0. The van der Waals surface area contributed by atoms with Crippen LogP contribution in [-0.4, -0.2) is 26.4 Å². The van der Waals surface area contributed by atoms with E-state index in [1.165, 1.54) is 11.4 Å². The normalized spacial score (nSPS) is 12.9. The Kier molecular flexibility index (Phi) is 4.42.